The van der Waals surface area contributed by atoms with Gasteiger partial charge >= 0.3 is 12.1 Å². The highest BCUT2D eigenvalue weighted by Crippen LogP contribution is 2.32. The Morgan fingerprint density at radius 2 is 1.89 bits per heavy atom. The minimum atomic E-state index is -0.928. The van der Waals surface area contributed by atoms with E-state index in [0.29, 0.717) is 39.0 Å². The lowest BCUT2D eigenvalue weighted by molar-refractivity contribution is -0.144. The van der Waals surface area contributed by atoms with Gasteiger partial charge in [0.25, 0.3) is 5.91 Å². The number of nitrogens with one attached hydrogen (secondary N) is 1. The Labute approximate surface area is 206 Å². The predicted molar refractivity (Wildman–Crippen MR) is 127 cm³/mol. The van der Waals surface area contributed by atoms with Crippen LogP contribution in [0.3, 0.4) is 0 Å². The van der Waals surface area contributed by atoms with E-state index in [1.165, 1.54) is 9.96 Å². The molecule has 2 saturated heterocycles. The molecule has 3 fully saturated rings. The minimum Gasteiger partial charge on any atom is -0.465 e. The molecule has 1 aromatic rings. The molecular weight excluding hydrogens is 452 g/mol. The molecule has 2 N–H and O–H groups in total. The van der Waals surface area contributed by atoms with Crippen molar-refractivity contribution in [3.8, 4) is 0 Å². The SMILES string of the molecule is CC(C)(C)N(C[C@H]1CC[C@H](ONC(=O)[C@@H]2CC[C@@H]3CN2C(=O)N3OCc2ccccc2)C1)C(=O)O. The number of hydrogen-bond donors (Lipinski definition) is 2. The van der Waals surface area contributed by atoms with Gasteiger partial charge in [0.2, 0.25) is 0 Å². The first-order chi connectivity index (χ1) is 16.6. The number of carbonyl (C=O) groups is 3. The molecule has 4 atom stereocenters. The number of hydrogen-bond acceptors (Lipinski definition) is 5. The quantitative estimate of drug-likeness (QED) is 0.543. The molecule has 1 aromatic carbocycles. The summed E-state index contributed by atoms with van der Waals surface area (Å²) in [5, 5.41) is 10.9. The van der Waals surface area contributed by atoms with E-state index in [4.69, 9.17) is 9.68 Å². The van der Waals surface area contributed by atoms with Crippen molar-refractivity contribution in [3.63, 3.8) is 0 Å². The molecule has 1 saturated carbocycles. The summed E-state index contributed by atoms with van der Waals surface area (Å²) in [6.07, 6.45) is 2.39. The summed E-state index contributed by atoms with van der Waals surface area (Å²) in [4.78, 5) is 51.9. The summed E-state index contributed by atoms with van der Waals surface area (Å²) < 4.78 is 0. The summed E-state index contributed by atoms with van der Waals surface area (Å²) in [5.74, 6) is -0.148. The lowest BCUT2D eigenvalue weighted by Gasteiger charge is -2.35. The number of rotatable bonds is 8. The summed E-state index contributed by atoms with van der Waals surface area (Å²) >= 11 is 0. The molecule has 2 aliphatic heterocycles. The van der Waals surface area contributed by atoms with Gasteiger partial charge in [0.05, 0.1) is 12.1 Å². The van der Waals surface area contributed by atoms with Crippen LogP contribution in [0.2, 0.25) is 0 Å². The van der Waals surface area contributed by atoms with Crippen LogP contribution in [0.4, 0.5) is 9.59 Å². The zero-order valence-corrected chi connectivity index (χ0v) is 20.7. The van der Waals surface area contributed by atoms with Crippen LogP contribution >= 0.6 is 0 Å². The number of amides is 4. The van der Waals surface area contributed by atoms with E-state index in [1.807, 2.05) is 51.1 Å². The molecule has 0 unspecified atom stereocenters. The van der Waals surface area contributed by atoms with E-state index in [0.717, 1.165) is 18.4 Å². The highest BCUT2D eigenvalue weighted by molar-refractivity contribution is 5.88. The first kappa shape index (κ1) is 25.2. The van der Waals surface area contributed by atoms with Gasteiger partial charge in [-0.15, -0.1) is 0 Å². The first-order valence-corrected chi connectivity index (χ1v) is 12.4. The molecule has 4 rings (SSSR count). The number of hydroxylamine groups is 3. The lowest BCUT2D eigenvalue weighted by atomic mass is 10.0. The van der Waals surface area contributed by atoms with E-state index in [1.54, 1.807) is 4.90 Å². The van der Waals surface area contributed by atoms with Crippen molar-refractivity contribution in [1.82, 2.24) is 20.3 Å². The fourth-order valence-electron chi connectivity index (χ4n) is 5.20. The third kappa shape index (κ3) is 5.87. The molecule has 3 aliphatic rings. The third-order valence-electron chi connectivity index (χ3n) is 7.14. The Morgan fingerprint density at radius 3 is 2.57 bits per heavy atom. The molecule has 2 bridgehead atoms. The van der Waals surface area contributed by atoms with E-state index in [9.17, 15) is 19.5 Å². The maximum Gasteiger partial charge on any atom is 0.407 e. The largest absolute Gasteiger partial charge is 0.465 e. The van der Waals surface area contributed by atoms with E-state index in [2.05, 4.69) is 5.48 Å². The van der Waals surface area contributed by atoms with Crippen LogP contribution in [0.25, 0.3) is 0 Å². The number of urea groups is 1. The van der Waals surface area contributed by atoms with Crippen LogP contribution in [0, 0.1) is 5.92 Å². The molecule has 0 radical (unpaired) electrons. The molecule has 10 nitrogen and oxygen atoms in total. The van der Waals surface area contributed by atoms with Crippen LogP contribution < -0.4 is 5.48 Å². The highest BCUT2D eigenvalue weighted by Gasteiger charge is 2.48. The van der Waals surface area contributed by atoms with Crippen molar-refractivity contribution in [2.75, 3.05) is 13.1 Å². The van der Waals surface area contributed by atoms with Gasteiger partial charge < -0.3 is 14.9 Å². The molecule has 10 heteroatoms. The van der Waals surface area contributed by atoms with Crippen molar-refractivity contribution in [3.05, 3.63) is 35.9 Å². The van der Waals surface area contributed by atoms with Crippen LogP contribution in [0.1, 0.15) is 58.4 Å². The Kier molecular flexibility index (Phi) is 7.51. The van der Waals surface area contributed by atoms with Crippen molar-refractivity contribution < 1.29 is 29.2 Å². The maximum absolute atomic E-state index is 12.9. The number of piperidine rings is 1. The number of benzene rings is 1. The van der Waals surface area contributed by atoms with Gasteiger partial charge in [-0.1, -0.05) is 30.3 Å². The normalized spacial score (nSPS) is 26.2. The summed E-state index contributed by atoms with van der Waals surface area (Å²) in [6.45, 7) is 6.84. The van der Waals surface area contributed by atoms with Crippen molar-refractivity contribution in [2.24, 2.45) is 5.92 Å². The van der Waals surface area contributed by atoms with Gasteiger partial charge in [0, 0.05) is 18.6 Å². The van der Waals surface area contributed by atoms with Crippen molar-refractivity contribution in [2.45, 2.75) is 83.2 Å². The second kappa shape index (κ2) is 10.4. The number of fused-ring (bicyclic) bond motifs is 2. The van der Waals surface area contributed by atoms with Gasteiger partial charge in [-0.25, -0.2) is 15.1 Å². The number of carboxylic acid groups (broad SMARTS) is 1. The Hall–Kier alpha value is -2.85. The second-order valence-corrected chi connectivity index (χ2v) is 10.7. The number of nitrogens with zero attached hydrogens (tertiary/aromatic N) is 3. The Morgan fingerprint density at radius 1 is 1.14 bits per heavy atom. The Balaban J connectivity index is 1.24. The standard InChI is InChI=1S/C25H36N4O6/c1-25(2,3)28(24(32)33)14-18-9-11-20(13-18)35-26-22(30)21-12-10-19-15-27(21)23(31)29(19)34-16-17-7-5-4-6-8-17/h4-8,18-21H,9-16H2,1-3H3,(H,26,30)(H,32,33)/t18-,19+,20-,21-/m0/s1. The van der Waals surface area contributed by atoms with Crippen LogP contribution in [-0.4, -0.2) is 74.8 Å². The molecule has 192 valence electrons. The molecular formula is C25H36N4O6. The highest BCUT2D eigenvalue weighted by atomic mass is 16.7. The molecule has 35 heavy (non-hydrogen) atoms. The zero-order valence-electron chi connectivity index (χ0n) is 20.7. The monoisotopic (exact) mass is 488 g/mol. The maximum atomic E-state index is 12.9. The summed E-state index contributed by atoms with van der Waals surface area (Å²) in [7, 11) is 0. The summed E-state index contributed by atoms with van der Waals surface area (Å²) in [6, 6.07) is 8.71. The fourth-order valence-corrected chi connectivity index (χ4v) is 5.20. The van der Waals surface area contributed by atoms with Crippen LogP contribution in [0.5, 0.6) is 0 Å². The topological polar surface area (TPSA) is 112 Å². The first-order valence-electron chi connectivity index (χ1n) is 12.4. The van der Waals surface area contributed by atoms with E-state index >= 15 is 0 Å². The molecule has 0 aromatic heterocycles. The van der Waals surface area contributed by atoms with Gasteiger partial charge in [0.1, 0.15) is 12.6 Å². The van der Waals surface area contributed by atoms with Crippen molar-refractivity contribution in [1.29, 1.82) is 0 Å². The Bertz CT molecular complexity index is 920. The molecule has 2 heterocycles. The van der Waals surface area contributed by atoms with E-state index in [-0.39, 0.29) is 30.0 Å². The zero-order chi connectivity index (χ0) is 25.2. The second-order valence-electron chi connectivity index (χ2n) is 10.7. The van der Waals surface area contributed by atoms with Gasteiger partial charge in [0.15, 0.2) is 0 Å². The van der Waals surface area contributed by atoms with Gasteiger partial charge in [-0.2, -0.15) is 5.06 Å². The third-order valence-corrected chi connectivity index (χ3v) is 7.14. The predicted octanol–water partition coefficient (Wildman–Crippen LogP) is 3.38. The van der Waals surface area contributed by atoms with E-state index < -0.39 is 17.7 Å². The van der Waals surface area contributed by atoms with Gasteiger partial charge in [-0.05, 0) is 64.4 Å². The average Bonchev–Trinajstić information content (AvgIpc) is 3.37. The summed E-state index contributed by atoms with van der Waals surface area (Å²) in [5.41, 5.74) is 3.08. The molecule has 1 aliphatic carbocycles. The number of carbonyl (C=O) groups excluding carboxylic acids is 2. The van der Waals surface area contributed by atoms with Gasteiger partial charge in [-0.3, -0.25) is 14.5 Å². The molecule has 0 spiro atoms. The van der Waals surface area contributed by atoms with Crippen LogP contribution in [0.15, 0.2) is 30.3 Å². The minimum absolute atomic E-state index is 0.0632. The van der Waals surface area contributed by atoms with Crippen LogP contribution in [-0.2, 0) is 21.1 Å². The van der Waals surface area contributed by atoms with Crippen molar-refractivity contribution >= 4 is 18.0 Å². The smallest absolute Gasteiger partial charge is 0.407 e. The lowest BCUT2D eigenvalue weighted by Crippen LogP contribution is -2.50. The average molecular weight is 489 g/mol. The molecule has 4 amide bonds. The fraction of sp³-hybridized carbons (Fsp3) is 0.640.